The normalized spacial score (nSPS) is 14.2. The van der Waals surface area contributed by atoms with Crippen molar-refractivity contribution in [2.75, 3.05) is 18.9 Å². The van der Waals surface area contributed by atoms with E-state index >= 15 is 0 Å². The van der Waals surface area contributed by atoms with Gasteiger partial charge in [-0.25, -0.2) is 4.68 Å². The van der Waals surface area contributed by atoms with Gasteiger partial charge in [0.15, 0.2) is 4.77 Å². The molecule has 1 aliphatic rings. The van der Waals surface area contributed by atoms with Crippen molar-refractivity contribution in [3.8, 4) is 0 Å². The van der Waals surface area contributed by atoms with Crippen LogP contribution < -0.4 is 5.32 Å². The van der Waals surface area contributed by atoms with Gasteiger partial charge in [0.2, 0.25) is 5.91 Å². The molecule has 1 heterocycles. The molecule has 1 aromatic heterocycles. The molecular weight excluding hydrogens is 346 g/mol. The van der Waals surface area contributed by atoms with Crippen LogP contribution in [0.2, 0.25) is 5.02 Å². The standard InChI is InChI=1S/C16H20ClN5OS/c1-20(9-14(23)18-13-7-5-12(17)6-8-13)10-22-16(24)21(2)15(19-22)11-3-4-11/h5-8,11H,3-4,9-10H2,1-2H3,(H,18,23). The fourth-order valence-corrected chi connectivity index (χ4v) is 2.87. The number of halogens is 1. The van der Waals surface area contributed by atoms with Gasteiger partial charge in [0.05, 0.1) is 13.2 Å². The van der Waals surface area contributed by atoms with Crippen LogP contribution in [0.4, 0.5) is 5.69 Å². The summed E-state index contributed by atoms with van der Waals surface area (Å²) in [6.45, 7) is 0.729. The minimum atomic E-state index is -0.0929. The van der Waals surface area contributed by atoms with Gasteiger partial charge in [0, 0.05) is 23.7 Å². The first-order valence-electron chi connectivity index (χ1n) is 7.81. The minimum Gasteiger partial charge on any atom is -0.325 e. The molecule has 1 saturated carbocycles. The summed E-state index contributed by atoms with van der Waals surface area (Å²) in [7, 11) is 3.82. The van der Waals surface area contributed by atoms with Gasteiger partial charge >= 0.3 is 0 Å². The number of benzene rings is 1. The number of carbonyl (C=O) groups excluding carboxylic acids is 1. The van der Waals surface area contributed by atoms with Gasteiger partial charge in [-0.2, -0.15) is 5.10 Å². The zero-order chi connectivity index (χ0) is 17.3. The van der Waals surface area contributed by atoms with Crippen molar-refractivity contribution in [2.45, 2.75) is 25.4 Å². The van der Waals surface area contributed by atoms with Crippen LogP contribution in [-0.2, 0) is 18.5 Å². The summed E-state index contributed by atoms with van der Waals surface area (Å²) in [5, 5.41) is 8.08. The summed E-state index contributed by atoms with van der Waals surface area (Å²) < 4.78 is 4.43. The third-order valence-corrected chi connectivity index (χ3v) is 4.67. The quantitative estimate of drug-likeness (QED) is 0.799. The average Bonchev–Trinajstić information content (AvgIpc) is 3.33. The molecule has 128 valence electrons. The number of hydrogen-bond acceptors (Lipinski definition) is 4. The number of aromatic nitrogens is 3. The number of hydrogen-bond donors (Lipinski definition) is 1. The molecule has 24 heavy (non-hydrogen) atoms. The molecule has 1 fully saturated rings. The summed E-state index contributed by atoms with van der Waals surface area (Å²) in [4.78, 5) is 14.0. The molecular formula is C16H20ClN5OS. The fraction of sp³-hybridized carbons (Fsp3) is 0.438. The fourth-order valence-electron chi connectivity index (χ4n) is 2.55. The van der Waals surface area contributed by atoms with Crippen molar-refractivity contribution < 1.29 is 4.79 Å². The van der Waals surface area contributed by atoms with Gasteiger partial charge in [-0.3, -0.25) is 9.69 Å². The zero-order valence-electron chi connectivity index (χ0n) is 13.7. The van der Waals surface area contributed by atoms with E-state index in [1.54, 1.807) is 28.9 Å². The molecule has 0 bridgehead atoms. The van der Waals surface area contributed by atoms with Crippen LogP contribution in [0.1, 0.15) is 24.6 Å². The Kier molecular flexibility index (Phi) is 5.03. The SMILES string of the molecule is CN(CC(=O)Nc1ccc(Cl)cc1)Cn1nc(C2CC2)n(C)c1=S. The van der Waals surface area contributed by atoms with Crippen molar-refractivity contribution in [3.63, 3.8) is 0 Å². The van der Waals surface area contributed by atoms with Crippen molar-refractivity contribution >= 4 is 35.4 Å². The first-order valence-corrected chi connectivity index (χ1v) is 8.60. The number of amides is 1. The summed E-state index contributed by atoms with van der Waals surface area (Å²) in [5.41, 5.74) is 0.725. The molecule has 8 heteroatoms. The second-order valence-electron chi connectivity index (χ2n) is 6.18. The Bertz CT molecular complexity index is 794. The lowest BCUT2D eigenvalue weighted by atomic mass is 10.3. The van der Waals surface area contributed by atoms with E-state index in [1.807, 2.05) is 23.6 Å². The van der Waals surface area contributed by atoms with E-state index in [2.05, 4.69) is 10.4 Å². The monoisotopic (exact) mass is 365 g/mol. The molecule has 1 aromatic carbocycles. The molecule has 0 unspecified atom stereocenters. The number of nitrogens with zero attached hydrogens (tertiary/aromatic N) is 4. The van der Waals surface area contributed by atoms with Crippen molar-refractivity contribution in [1.82, 2.24) is 19.2 Å². The Morgan fingerprint density at radius 1 is 1.42 bits per heavy atom. The van der Waals surface area contributed by atoms with Crippen LogP contribution in [0.25, 0.3) is 0 Å². The average molecular weight is 366 g/mol. The van der Waals surface area contributed by atoms with Gasteiger partial charge in [-0.1, -0.05) is 11.6 Å². The number of nitrogens with one attached hydrogen (secondary N) is 1. The Hall–Kier alpha value is -1.70. The first-order chi connectivity index (χ1) is 11.4. The third-order valence-electron chi connectivity index (χ3n) is 3.93. The molecule has 0 spiro atoms. The van der Waals surface area contributed by atoms with Crippen LogP contribution in [0, 0.1) is 4.77 Å². The zero-order valence-corrected chi connectivity index (χ0v) is 15.3. The summed E-state index contributed by atoms with van der Waals surface area (Å²) >= 11 is 11.3. The summed E-state index contributed by atoms with van der Waals surface area (Å²) in [6, 6.07) is 7.04. The highest BCUT2D eigenvalue weighted by atomic mass is 35.5. The van der Waals surface area contributed by atoms with E-state index in [9.17, 15) is 4.79 Å². The first kappa shape index (κ1) is 17.1. The topological polar surface area (TPSA) is 55.1 Å². The molecule has 1 aliphatic carbocycles. The van der Waals surface area contributed by atoms with Gasteiger partial charge < -0.3 is 9.88 Å². The van der Waals surface area contributed by atoms with Gasteiger partial charge in [0.1, 0.15) is 5.82 Å². The maximum atomic E-state index is 12.1. The molecule has 0 aliphatic heterocycles. The van der Waals surface area contributed by atoms with E-state index < -0.39 is 0 Å². The number of rotatable bonds is 6. The summed E-state index contributed by atoms with van der Waals surface area (Å²) in [6.07, 6.45) is 2.36. The maximum absolute atomic E-state index is 12.1. The third kappa shape index (κ3) is 4.03. The van der Waals surface area contributed by atoms with Crippen molar-refractivity contribution in [2.24, 2.45) is 7.05 Å². The molecule has 6 nitrogen and oxygen atoms in total. The Labute approximate surface area is 151 Å². The molecule has 0 saturated heterocycles. The predicted molar refractivity (Wildman–Crippen MR) is 96.7 cm³/mol. The summed E-state index contributed by atoms with van der Waals surface area (Å²) in [5.74, 6) is 1.49. The molecule has 3 rings (SSSR count). The van der Waals surface area contributed by atoms with Gasteiger partial charge in [-0.05, 0) is 56.4 Å². The van der Waals surface area contributed by atoms with Gasteiger partial charge in [0.25, 0.3) is 0 Å². The van der Waals surface area contributed by atoms with Crippen LogP contribution in [0.3, 0.4) is 0 Å². The number of carbonyl (C=O) groups is 1. The second-order valence-corrected chi connectivity index (χ2v) is 6.99. The van der Waals surface area contributed by atoms with Crippen LogP contribution in [-0.4, -0.2) is 38.7 Å². The van der Waals surface area contributed by atoms with Crippen LogP contribution >= 0.6 is 23.8 Å². The lowest BCUT2D eigenvalue weighted by Gasteiger charge is -2.16. The lowest BCUT2D eigenvalue weighted by Crippen LogP contribution is -2.32. The van der Waals surface area contributed by atoms with E-state index in [1.165, 1.54) is 12.8 Å². The number of likely N-dealkylation sites (N-methyl/N-ethyl adjacent to an activating group) is 1. The molecule has 2 aromatic rings. The minimum absolute atomic E-state index is 0.0929. The van der Waals surface area contributed by atoms with Crippen LogP contribution in [0.5, 0.6) is 0 Å². The Balaban J connectivity index is 1.58. The van der Waals surface area contributed by atoms with Gasteiger partial charge in [-0.15, -0.1) is 0 Å². The molecule has 1 amide bonds. The molecule has 0 atom stereocenters. The molecule has 0 radical (unpaired) electrons. The highest BCUT2D eigenvalue weighted by Gasteiger charge is 2.29. The molecule has 1 N–H and O–H groups in total. The van der Waals surface area contributed by atoms with E-state index in [-0.39, 0.29) is 12.5 Å². The second kappa shape index (κ2) is 7.04. The largest absolute Gasteiger partial charge is 0.325 e. The smallest absolute Gasteiger partial charge is 0.238 e. The van der Waals surface area contributed by atoms with Crippen molar-refractivity contribution in [3.05, 3.63) is 39.9 Å². The van der Waals surface area contributed by atoms with Crippen molar-refractivity contribution in [1.29, 1.82) is 0 Å². The highest BCUT2D eigenvalue weighted by Crippen LogP contribution is 2.38. The maximum Gasteiger partial charge on any atom is 0.238 e. The van der Waals surface area contributed by atoms with E-state index in [0.717, 1.165) is 11.5 Å². The number of anilines is 1. The Morgan fingerprint density at radius 2 is 2.08 bits per heavy atom. The van der Waals surface area contributed by atoms with E-state index in [4.69, 9.17) is 23.8 Å². The predicted octanol–water partition coefficient (Wildman–Crippen LogP) is 3.01. The van der Waals surface area contributed by atoms with Crippen LogP contribution in [0.15, 0.2) is 24.3 Å². The highest BCUT2D eigenvalue weighted by molar-refractivity contribution is 7.71. The lowest BCUT2D eigenvalue weighted by molar-refractivity contribution is -0.117. The van der Waals surface area contributed by atoms with E-state index in [0.29, 0.717) is 22.4 Å². The Morgan fingerprint density at radius 3 is 2.71 bits per heavy atom.